The van der Waals surface area contributed by atoms with E-state index in [1.54, 1.807) is 38.1 Å². The van der Waals surface area contributed by atoms with Crippen molar-refractivity contribution in [2.75, 3.05) is 25.1 Å². The summed E-state index contributed by atoms with van der Waals surface area (Å²) in [5, 5.41) is 18.1. The second-order valence-electron chi connectivity index (χ2n) is 9.16. The highest BCUT2D eigenvalue weighted by Crippen LogP contribution is 2.21. The van der Waals surface area contributed by atoms with Gasteiger partial charge in [-0.15, -0.1) is 0 Å². The molecule has 11 nitrogen and oxygen atoms in total. The first kappa shape index (κ1) is 29.8. The van der Waals surface area contributed by atoms with Gasteiger partial charge < -0.3 is 31.9 Å². The van der Waals surface area contributed by atoms with Crippen molar-refractivity contribution in [2.24, 2.45) is 11.7 Å². The molecule has 7 N–H and O–H groups in total. The summed E-state index contributed by atoms with van der Waals surface area (Å²) < 4.78 is 13.1. The van der Waals surface area contributed by atoms with E-state index < -0.39 is 48.4 Å². The van der Waals surface area contributed by atoms with Gasteiger partial charge in [0, 0.05) is 23.8 Å². The zero-order valence-corrected chi connectivity index (χ0v) is 21.7. The molecule has 1 aromatic rings. The van der Waals surface area contributed by atoms with E-state index in [0.717, 1.165) is 0 Å². The molecule has 2 rings (SSSR count). The van der Waals surface area contributed by atoms with Crippen molar-refractivity contribution in [1.29, 1.82) is 5.41 Å². The average molecular weight is 540 g/mol. The standard InChI is InChI=1S/C24H35ClFN7O4/c1-14(2)20(32-24(37)30-16-7-3-6-15(25)12-16)22(36)33-11-5-9-18(33)21(35)31-17(19(34)13-26)8-4-10-29-23(27)28/h3,6-7,12,14,17-18,20H,4-5,8-11,13H2,1-2H3,(H,31,35)(H4,27,28,29)(H2,30,32,37)/t17-,18+,20?/m1/s1. The fourth-order valence-electron chi connectivity index (χ4n) is 4.07. The number of rotatable bonds is 12. The van der Waals surface area contributed by atoms with Crippen LogP contribution in [0.4, 0.5) is 14.9 Å². The van der Waals surface area contributed by atoms with Crippen LogP contribution in [0.5, 0.6) is 0 Å². The van der Waals surface area contributed by atoms with Crippen LogP contribution in [-0.4, -0.2) is 72.4 Å². The Morgan fingerprint density at radius 3 is 2.59 bits per heavy atom. The number of urea groups is 1. The molecule has 37 heavy (non-hydrogen) atoms. The molecule has 13 heteroatoms. The Hall–Kier alpha value is -3.41. The van der Waals surface area contributed by atoms with Gasteiger partial charge in [0.2, 0.25) is 11.8 Å². The SMILES string of the molecule is CC(C)C(NC(=O)Nc1cccc(Cl)c1)C(=O)N1CCC[C@H]1C(=O)N[C@H](CCCNC(=N)N)C(=O)CF. The minimum absolute atomic E-state index is 0.148. The minimum atomic E-state index is -1.24. The van der Waals surface area contributed by atoms with E-state index >= 15 is 0 Å². The van der Waals surface area contributed by atoms with E-state index in [2.05, 4.69) is 21.3 Å². The van der Waals surface area contributed by atoms with Crippen LogP contribution in [-0.2, 0) is 14.4 Å². The third-order valence-electron chi connectivity index (χ3n) is 5.96. The Bertz CT molecular complexity index is 994. The minimum Gasteiger partial charge on any atom is -0.370 e. The highest BCUT2D eigenvalue weighted by atomic mass is 35.5. The number of alkyl halides is 1. The van der Waals surface area contributed by atoms with E-state index in [0.29, 0.717) is 36.5 Å². The van der Waals surface area contributed by atoms with Gasteiger partial charge in [-0.1, -0.05) is 31.5 Å². The lowest BCUT2D eigenvalue weighted by molar-refractivity contribution is -0.141. The zero-order valence-electron chi connectivity index (χ0n) is 21.0. The molecule has 0 radical (unpaired) electrons. The van der Waals surface area contributed by atoms with Gasteiger partial charge in [0.05, 0.1) is 6.04 Å². The van der Waals surface area contributed by atoms with Gasteiger partial charge in [0.1, 0.15) is 18.8 Å². The van der Waals surface area contributed by atoms with Gasteiger partial charge in [-0.25, -0.2) is 9.18 Å². The largest absolute Gasteiger partial charge is 0.370 e. The second-order valence-corrected chi connectivity index (χ2v) is 9.60. The molecule has 1 heterocycles. The Morgan fingerprint density at radius 2 is 1.97 bits per heavy atom. The van der Waals surface area contributed by atoms with Gasteiger partial charge in [-0.05, 0) is 49.8 Å². The summed E-state index contributed by atoms with van der Waals surface area (Å²) >= 11 is 5.95. The molecule has 1 unspecified atom stereocenters. The summed E-state index contributed by atoms with van der Waals surface area (Å²) in [5.41, 5.74) is 5.68. The quantitative estimate of drug-likeness (QED) is 0.134. The van der Waals surface area contributed by atoms with Crippen LogP contribution in [0.3, 0.4) is 0 Å². The molecular weight excluding hydrogens is 505 g/mol. The summed E-state index contributed by atoms with van der Waals surface area (Å²) in [7, 11) is 0. The van der Waals surface area contributed by atoms with Crippen molar-refractivity contribution in [2.45, 2.75) is 57.7 Å². The number of benzene rings is 1. The Balaban J connectivity index is 2.05. The van der Waals surface area contributed by atoms with E-state index in [4.69, 9.17) is 22.7 Å². The number of likely N-dealkylation sites (tertiary alicyclic amines) is 1. The number of guanidine groups is 1. The van der Waals surface area contributed by atoms with E-state index in [1.165, 1.54) is 4.90 Å². The fraction of sp³-hybridized carbons (Fsp3) is 0.542. The maximum atomic E-state index is 13.4. The zero-order chi connectivity index (χ0) is 27.5. The summed E-state index contributed by atoms with van der Waals surface area (Å²) in [6, 6.07) is 3.15. The normalized spacial score (nSPS) is 16.6. The lowest BCUT2D eigenvalue weighted by Crippen LogP contribution is -2.57. The highest BCUT2D eigenvalue weighted by molar-refractivity contribution is 6.30. The second kappa shape index (κ2) is 14.4. The smallest absolute Gasteiger partial charge is 0.319 e. The van der Waals surface area contributed by atoms with Gasteiger partial charge in [0.25, 0.3) is 0 Å². The van der Waals surface area contributed by atoms with Crippen molar-refractivity contribution >= 4 is 46.9 Å². The fourth-order valence-corrected chi connectivity index (χ4v) is 4.26. The maximum absolute atomic E-state index is 13.4. The van der Waals surface area contributed by atoms with Crippen molar-refractivity contribution in [3.05, 3.63) is 29.3 Å². The molecule has 0 bridgehead atoms. The molecule has 0 saturated carbocycles. The molecule has 0 aromatic heterocycles. The van der Waals surface area contributed by atoms with E-state index in [9.17, 15) is 23.6 Å². The van der Waals surface area contributed by atoms with Crippen LogP contribution >= 0.6 is 11.6 Å². The Morgan fingerprint density at radius 1 is 1.24 bits per heavy atom. The first-order valence-corrected chi connectivity index (χ1v) is 12.5. The highest BCUT2D eigenvalue weighted by Gasteiger charge is 2.39. The molecule has 0 aliphatic carbocycles. The molecule has 1 aromatic carbocycles. The molecule has 204 valence electrons. The molecule has 1 aliphatic heterocycles. The topological polar surface area (TPSA) is 170 Å². The molecular formula is C24H35ClFN7O4. The molecule has 1 aliphatic rings. The Kier molecular flexibility index (Phi) is 11.6. The molecule has 0 spiro atoms. The van der Waals surface area contributed by atoms with Crippen LogP contribution in [0.2, 0.25) is 5.02 Å². The van der Waals surface area contributed by atoms with Crippen LogP contribution < -0.4 is 27.0 Å². The number of halogens is 2. The number of Topliss-reactive ketones (excluding diaryl/α,β-unsaturated/α-hetero) is 1. The predicted octanol–water partition coefficient (Wildman–Crippen LogP) is 1.76. The number of nitrogens with one attached hydrogen (secondary N) is 5. The predicted molar refractivity (Wildman–Crippen MR) is 139 cm³/mol. The van der Waals surface area contributed by atoms with E-state index in [-0.39, 0.29) is 24.8 Å². The molecule has 3 atom stereocenters. The number of hydrogen-bond donors (Lipinski definition) is 6. The lowest BCUT2D eigenvalue weighted by atomic mass is 10.0. The van der Waals surface area contributed by atoms with Crippen molar-refractivity contribution in [3.63, 3.8) is 0 Å². The van der Waals surface area contributed by atoms with Gasteiger partial charge in [-0.2, -0.15) is 0 Å². The van der Waals surface area contributed by atoms with E-state index in [1.807, 2.05) is 0 Å². The third kappa shape index (κ3) is 9.19. The van der Waals surface area contributed by atoms with Gasteiger partial charge in [0.15, 0.2) is 11.7 Å². The average Bonchev–Trinajstić information content (AvgIpc) is 3.33. The summed E-state index contributed by atoms with van der Waals surface area (Å²) in [4.78, 5) is 52.5. The summed E-state index contributed by atoms with van der Waals surface area (Å²) in [5.74, 6) is -2.26. The van der Waals surface area contributed by atoms with Crippen LogP contribution in [0, 0.1) is 11.3 Å². The molecule has 1 saturated heterocycles. The van der Waals surface area contributed by atoms with Crippen LogP contribution in [0.15, 0.2) is 24.3 Å². The van der Waals surface area contributed by atoms with Crippen molar-refractivity contribution < 1.29 is 23.6 Å². The van der Waals surface area contributed by atoms with Gasteiger partial charge in [-0.3, -0.25) is 19.8 Å². The number of carbonyl (C=O) groups is 4. The van der Waals surface area contributed by atoms with Crippen LogP contribution in [0.25, 0.3) is 0 Å². The molecule has 4 amide bonds. The van der Waals surface area contributed by atoms with Crippen molar-refractivity contribution in [1.82, 2.24) is 20.9 Å². The number of nitrogens with zero attached hydrogens (tertiary/aromatic N) is 1. The monoisotopic (exact) mass is 539 g/mol. The third-order valence-corrected chi connectivity index (χ3v) is 6.20. The van der Waals surface area contributed by atoms with Gasteiger partial charge >= 0.3 is 6.03 Å². The number of ketones is 1. The maximum Gasteiger partial charge on any atom is 0.319 e. The molecule has 1 fully saturated rings. The Labute approximate surface area is 220 Å². The first-order chi connectivity index (χ1) is 17.5. The van der Waals surface area contributed by atoms with Crippen LogP contribution in [0.1, 0.15) is 39.5 Å². The summed E-state index contributed by atoms with van der Waals surface area (Å²) in [6.45, 7) is 2.91. The summed E-state index contributed by atoms with van der Waals surface area (Å²) in [6.07, 6.45) is 1.45. The number of nitrogens with two attached hydrogens (primary N) is 1. The van der Waals surface area contributed by atoms with Crippen molar-refractivity contribution in [3.8, 4) is 0 Å². The lowest BCUT2D eigenvalue weighted by Gasteiger charge is -2.31. The number of hydrogen-bond acceptors (Lipinski definition) is 5. The first-order valence-electron chi connectivity index (χ1n) is 12.1. The number of amides is 4. The number of carbonyl (C=O) groups excluding carboxylic acids is 4. The number of anilines is 1.